The van der Waals surface area contributed by atoms with Gasteiger partial charge in [-0.2, -0.15) is 52.7 Å². The van der Waals surface area contributed by atoms with Gasteiger partial charge in [0.25, 0.3) is 6.10 Å². The first kappa shape index (κ1) is 105. The first-order chi connectivity index (χ1) is 58.1. The summed E-state index contributed by atoms with van der Waals surface area (Å²) in [7, 11) is -1.51. The monoisotopic (exact) mass is 1850 g/mol. The van der Waals surface area contributed by atoms with Gasteiger partial charge in [0.1, 0.15) is 24.4 Å². The summed E-state index contributed by atoms with van der Waals surface area (Å²) < 4.78 is 236. The number of hydrogen-bond acceptors (Lipinski definition) is 26. The van der Waals surface area contributed by atoms with Crippen molar-refractivity contribution in [2.75, 3.05) is 6.23 Å². The Balaban J connectivity index is 0.000000206. The molecule has 0 radical (unpaired) electrons. The van der Waals surface area contributed by atoms with E-state index in [1.54, 1.807) is 86.6 Å². The zero-order chi connectivity index (χ0) is 96.0. The molecule has 3 saturated carbocycles. The maximum Gasteiger partial charge on any atom is 0.434 e. The van der Waals surface area contributed by atoms with Crippen LogP contribution in [0.15, 0.2) is 48.5 Å². The minimum absolute atomic E-state index is 0.0269. The number of esters is 10. The lowest BCUT2D eigenvalue weighted by Gasteiger charge is -2.36. The smallest absolute Gasteiger partial charge is 0.434 e. The summed E-state index contributed by atoms with van der Waals surface area (Å²) in [6.45, 7) is 42.3. The van der Waals surface area contributed by atoms with Crippen molar-refractivity contribution in [1.82, 2.24) is 0 Å². The standard InChI is InChI=1S/C25H34O9Si.C22H26F6O9.C18H23F3O6.C15H24.C8H13F3O2/c1-8-24(2,3)23(28)32-18-16-17(30-21(18)27)19-22(31-16)34-25(4,33-19)15-11-9-14(10-12-15)20(26)29-13-35(5,6)7;1-4-19(2,3)18(31)34-12-10-11(32-15(12)30)13-16(33-10)37-20(36-13)7-5-9(6-8-20)14(29)35-17(21(23,24)25)22(26,27)28;1-5-16(3,4)13(22)26-11-9-6-10-12(11)27-15(24)17(10,7-9)14(23)25-8(2)18(19,20)21;1-7-15(5,6)13-10-8-12(9-11-13)14(2,3)4;1-4-5(2)7(12)13-6(3)8(9,10)11/h9-12,16-19,22H,8,13H2,1-7H3;9-13,16-17H,4-8H2,1-3H3;8-12H,5-7H2,1-4H3;8-11H,7H2,1-6H3;5-6H,4H2,1-3H3. The van der Waals surface area contributed by atoms with E-state index in [0.717, 1.165) is 13.8 Å². The highest BCUT2D eigenvalue weighted by Gasteiger charge is 2.76. The molecule has 2 aromatic carbocycles. The van der Waals surface area contributed by atoms with Crippen LogP contribution >= 0.6 is 0 Å². The maximum absolute atomic E-state index is 12.7. The third-order valence-corrected chi connectivity index (χ3v) is 26.4. The lowest BCUT2D eigenvalue weighted by Crippen LogP contribution is -2.48. The number of alkyl halides is 12. The van der Waals surface area contributed by atoms with Crippen LogP contribution in [0.5, 0.6) is 0 Å². The van der Waals surface area contributed by atoms with Crippen LogP contribution in [0.4, 0.5) is 52.7 Å². The van der Waals surface area contributed by atoms with Gasteiger partial charge < -0.3 is 75.8 Å². The molecule has 0 amide bonds. The molecular weight excluding hydrogens is 1730 g/mol. The number of halogens is 12. The summed E-state index contributed by atoms with van der Waals surface area (Å²) in [4.78, 5) is 122. The first-order valence-corrected chi connectivity index (χ1v) is 46.4. The largest absolute Gasteiger partial charge is 0.466 e. The van der Waals surface area contributed by atoms with Crippen molar-refractivity contribution in [2.45, 2.75) is 368 Å². The molecule has 0 aromatic heterocycles. The van der Waals surface area contributed by atoms with E-state index in [4.69, 9.17) is 61.6 Å². The number of hydrogen-bond donors (Lipinski definition) is 0. The molecule has 7 heterocycles. The second kappa shape index (κ2) is 38.6. The van der Waals surface area contributed by atoms with Gasteiger partial charge in [-0.25, -0.2) is 14.4 Å². The molecule has 3 aliphatic carbocycles. The summed E-state index contributed by atoms with van der Waals surface area (Å²) in [6.07, 6.45) is -36.6. The van der Waals surface area contributed by atoms with E-state index in [9.17, 15) is 101 Å². The number of carbonyl (C=O) groups is 10. The molecule has 0 N–H and O–H groups in total. The van der Waals surface area contributed by atoms with Crippen molar-refractivity contribution in [2.24, 2.45) is 45.3 Å². The van der Waals surface area contributed by atoms with Crippen molar-refractivity contribution < 1.29 is 176 Å². The van der Waals surface area contributed by atoms with Crippen molar-refractivity contribution in [1.29, 1.82) is 0 Å². The Bertz CT molecular complexity index is 4250. The van der Waals surface area contributed by atoms with Crippen LogP contribution in [0, 0.1) is 45.3 Å². The van der Waals surface area contributed by atoms with E-state index in [1.165, 1.54) is 24.5 Å². The van der Waals surface area contributed by atoms with Gasteiger partial charge in [0.05, 0.1) is 47.9 Å². The van der Waals surface area contributed by atoms with Gasteiger partial charge in [0.2, 0.25) is 12.2 Å². The van der Waals surface area contributed by atoms with Crippen molar-refractivity contribution in [3.8, 4) is 0 Å². The van der Waals surface area contributed by atoms with Gasteiger partial charge in [0, 0.05) is 30.2 Å². The Hall–Kier alpha value is -7.72. The van der Waals surface area contributed by atoms with Gasteiger partial charge in [-0.05, 0) is 154 Å². The quantitative estimate of drug-likeness (QED) is 0.0347. The van der Waals surface area contributed by atoms with E-state index < -0.39 is 229 Å². The summed E-state index contributed by atoms with van der Waals surface area (Å²) in [5.41, 5.74) is 0.526. The molecule has 2 bridgehead atoms. The van der Waals surface area contributed by atoms with E-state index in [-0.39, 0.29) is 49.4 Å². The number of benzene rings is 2. The van der Waals surface area contributed by atoms with Crippen molar-refractivity contribution >= 4 is 67.8 Å². The lowest BCUT2D eigenvalue weighted by molar-refractivity contribution is -0.315. The summed E-state index contributed by atoms with van der Waals surface area (Å²) >= 11 is 0. The van der Waals surface area contributed by atoms with E-state index in [2.05, 4.69) is 99.7 Å². The Morgan fingerprint density at radius 1 is 0.512 bits per heavy atom. The number of carbonyl (C=O) groups excluding carboxylic acids is 10. The van der Waals surface area contributed by atoms with Gasteiger partial charge in [-0.15, -0.1) is 0 Å². The molecule has 10 fully saturated rings. The minimum atomic E-state index is -5.80. The molecule has 10 aliphatic rings. The molecule has 1 spiro atoms. The second-order valence-corrected chi connectivity index (χ2v) is 44.3. The van der Waals surface area contributed by atoms with Crippen LogP contribution in [-0.4, -0.2) is 196 Å². The fourth-order valence-electron chi connectivity index (χ4n) is 15.0. The van der Waals surface area contributed by atoms with Crippen LogP contribution in [0.25, 0.3) is 0 Å². The van der Waals surface area contributed by atoms with Crippen LogP contribution in [-0.2, 0) is 136 Å². The highest BCUT2D eigenvalue weighted by atomic mass is 28.3. The van der Waals surface area contributed by atoms with E-state index >= 15 is 0 Å². The fourth-order valence-corrected chi connectivity index (χ4v) is 15.6. The fraction of sp³-hybridized carbons (Fsp3) is 0.750. The molecule has 7 aliphatic heterocycles. The maximum atomic E-state index is 12.7. The number of rotatable bonds is 22. The van der Waals surface area contributed by atoms with E-state index in [1.807, 2.05) is 13.8 Å². The lowest BCUT2D eigenvalue weighted by atomic mass is 9.73. The summed E-state index contributed by atoms with van der Waals surface area (Å²) in [5.74, 6) is -13.0. The molecule has 716 valence electrons. The molecular formula is C88H120F12O26Si. The average molecular weight is 1850 g/mol. The van der Waals surface area contributed by atoms with Gasteiger partial charge in [-0.1, -0.05) is 132 Å². The third-order valence-electron chi connectivity index (χ3n) is 25.4. The molecule has 2 aromatic rings. The zero-order valence-electron chi connectivity index (χ0n) is 75.7. The molecule has 127 heavy (non-hydrogen) atoms. The number of fused-ring (bicyclic) bond motifs is 7. The Morgan fingerprint density at radius 3 is 1.39 bits per heavy atom. The van der Waals surface area contributed by atoms with Gasteiger partial charge in [-0.3, -0.25) is 33.6 Å². The van der Waals surface area contributed by atoms with E-state index in [0.29, 0.717) is 54.9 Å². The molecule has 19 unspecified atom stereocenters. The Morgan fingerprint density at radius 2 is 0.961 bits per heavy atom. The molecule has 19 atom stereocenters. The highest BCUT2D eigenvalue weighted by Crippen LogP contribution is 2.64. The van der Waals surface area contributed by atoms with Crippen molar-refractivity contribution in [3.63, 3.8) is 0 Å². The highest BCUT2D eigenvalue weighted by molar-refractivity contribution is 6.76. The second-order valence-electron chi connectivity index (χ2n) is 38.9. The normalized spacial score (nSPS) is 30.1. The SMILES string of the molecule is CCC(C)(C)C(=O)OC1C(=O)OC2C3OC(C)(c4ccc(C(=O)OC[Si](C)(C)C)cc4)OC3OC12.CCC(C)(C)C(=O)OC1C(=O)OC2C3OC4(CCC(C(=O)OC(C(F)(F)F)C(F)(F)F)CC4)OC3OC12.CCC(C)(C)C(=O)OC1C2CC3C1OC(=O)C3(C(=O)OC(C)C(F)(F)F)C2.CCC(C)(C)c1ccc(C(C)(C)C)cc1.CCC(C)C(=O)OC(C)C(F)(F)F. The van der Waals surface area contributed by atoms with Gasteiger partial charge in [0.15, 0.2) is 66.2 Å². The average Bonchev–Trinajstić information content (AvgIpc) is 1.52. The Kier molecular flexibility index (Phi) is 31.8. The first-order valence-electron chi connectivity index (χ1n) is 42.7. The van der Waals surface area contributed by atoms with Crippen LogP contribution < -0.4 is 0 Å². The van der Waals surface area contributed by atoms with Gasteiger partial charge >= 0.3 is 84.4 Å². The molecule has 26 nitrogen and oxygen atoms in total. The summed E-state index contributed by atoms with van der Waals surface area (Å²) in [5, 5.41) is 0. The van der Waals surface area contributed by atoms with Crippen molar-refractivity contribution in [3.05, 3.63) is 70.8 Å². The predicted octanol–water partition coefficient (Wildman–Crippen LogP) is 16.6. The molecule has 12 rings (SSSR count). The van der Waals surface area contributed by atoms with Crippen LogP contribution in [0.2, 0.25) is 19.6 Å². The Labute approximate surface area is 731 Å². The third kappa shape index (κ3) is 23.8. The minimum Gasteiger partial charge on any atom is -0.466 e. The number of ether oxygens (including phenoxy) is 16. The van der Waals surface area contributed by atoms with Crippen LogP contribution in [0.1, 0.15) is 236 Å². The van der Waals surface area contributed by atoms with Crippen LogP contribution in [0.3, 0.4) is 0 Å². The topological polar surface area (TPSA) is 318 Å². The summed E-state index contributed by atoms with van der Waals surface area (Å²) in [6, 6.07) is 15.9. The molecule has 39 heteroatoms. The predicted molar refractivity (Wildman–Crippen MR) is 425 cm³/mol. The zero-order valence-corrected chi connectivity index (χ0v) is 76.7. The molecule has 7 saturated heterocycles.